The SMILES string of the molecule is CN1Cc2cc(OCCCO)ccc2C(c2ccc(OC(F)F)cc2)C1. The molecule has 26 heavy (non-hydrogen) atoms. The lowest BCUT2D eigenvalue weighted by atomic mass is 9.84. The minimum Gasteiger partial charge on any atom is -0.493 e. The third kappa shape index (κ3) is 4.51. The van der Waals surface area contributed by atoms with E-state index in [9.17, 15) is 8.78 Å². The van der Waals surface area contributed by atoms with Crippen molar-refractivity contribution >= 4 is 0 Å². The molecule has 0 fully saturated rings. The van der Waals surface area contributed by atoms with Gasteiger partial charge >= 0.3 is 6.61 Å². The Bertz CT molecular complexity index is 721. The highest BCUT2D eigenvalue weighted by molar-refractivity contribution is 5.45. The van der Waals surface area contributed by atoms with Gasteiger partial charge in [0.15, 0.2) is 0 Å². The second-order valence-electron chi connectivity index (χ2n) is 6.48. The predicted octanol–water partition coefficient (Wildman–Crippen LogP) is 3.63. The van der Waals surface area contributed by atoms with Crippen molar-refractivity contribution in [1.82, 2.24) is 4.90 Å². The molecule has 1 atom stereocenters. The minimum absolute atomic E-state index is 0.112. The summed E-state index contributed by atoms with van der Waals surface area (Å²) in [5, 5.41) is 8.86. The highest BCUT2D eigenvalue weighted by Gasteiger charge is 2.25. The molecular formula is C20H23F2NO3. The van der Waals surface area contributed by atoms with Crippen LogP contribution in [0.1, 0.15) is 29.0 Å². The lowest BCUT2D eigenvalue weighted by Crippen LogP contribution is -2.31. The van der Waals surface area contributed by atoms with E-state index >= 15 is 0 Å². The maximum absolute atomic E-state index is 12.3. The number of alkyl halides is 2. The number of fused-ring (bicyclic) bond motifs is 1. The molecule has 0 bridgehead atoms. The highest BCUT2D eigenvalue weighted by atomic mass is 19.3. The number of rotatable bonds is 7. The fraction of sp³-hybridized carbons (Fsp3) is 0.400. The van der Waals surface area contributed by atoms with Crippen LogP contribution in [0.5, 0.6) is 11.5 Å². The van der Waals surface area contributed by atoms with E-state index in [0.29, 0.717) is 13.0 Å². The zero-order chi connectivity index (χ0) is 18.5. The first kappa shape index (κ1) is 18.6. The van der Waals surface area contributed by atoms with Gasteiger partial charge in [0, 0.05) is 32.0 Å². The number of ether oxygens (including phenoxy) is 2. The quantitative estimate of drug-likeness (QED) is 0.763. The van der Waals surface area contributed by atoms with Crippen LogP contribution in [0.25, 0.3) is 0 Å². The Hall–Kier alpha value is -2.18. The van der Waals surface area contributed by atoms with Crippen LogP contribution in [0.4, 0.5) is 8.78 Å². The summed E-state index contributed by atoms with van der Waals surface area (Å²) in [7, 11) is 2.06. The van der Waals surface area contributed by atoms with Crippen molar-refractivity contribution in [2.45, 2.75) is 25.5 Å². The predicted molar refractivity (Wildman–Crippen MR) is 94.9 cm³/mol. The van der Waals surface area contributed by atoms with Crippen LogP contribution in [-0.4, -0.2) is 43.4 Å². The Kier molecular flexibility index (Phi) is 6.06. The van der Waals surface area contributed by atoms with Gasteiger partial charge < -0.3 is 19.5 Å². The van der Waals surface area contributed by atoms with Crippen molar-refractivity contribution in [3.05, 3.63) is 59.2 Å². The lowest BCUT2D eigenvalue weighted by Gasteiger charge is -2.33. The Balaban J connectivity index is 1.81. The summed E-state index contributed by atoms with van der Waals surface area (Å²) in [4.78, 5) is 2.23. The maximum Gasteiger partial charge on any atom is 0.387 e. The monoisotopic (exact) mass is 363 g/mol. The van der Waals surface area contributed by atoms with Crippen molar-refractivity contribution < 1.29 is 23.4 Å². The second kappa shape index (κ2) is 8.47. The number of benzene rings is 2. The number of nitrogens with zero attached hydrogens (tertiary/aromatic N) is 1. The van der Waals surface area contributed by atoms with Crippen molar-refractivity contribution in [3.63, 3.8) is 0 Å². The van der Waals surface area contributed by atoms with E-state index in [1.807, 2.05) is 24.3 Å². The van der Waals surface area contributed by atoms with E-state index in [4.69, 9.17) is 9.84 Å². The summed E-state index contributed by atoms with van der Waals surface area (Å²) in [6.45, 7) is -0.532. The average molecular weight is 363 g/mol. The highest BCUT2D eigenvalue weighted by Crippen LogP contribution is 2.35. The van der Waals surface area contributed by atoms with Crippen LogP contribution in [0.2, 0.25) is 0 Å². The number of hydrogen-bond acceptors (Lipinski definition) is 4. The summed E-state index contributed by atoms with van der Waals surface area (Å²) >= 11 is 0. The Morgan fingerprint density at radius 2 is 1.88 bits per heavy atom. The fourth-order valence-corrected chi connectivity index (χ4v) is 3.34. The normalized spacial score (nSPS) is 17.2. The van der Waals surface area contributed by atoms with Crippen molar-refractivity contribution in [3.8, 4) is 11.5 Å². The van der Waals surface area contributed by atoms with Crippen LogP contribution in [0.3, 0.4) is 0 Å². The molecule has 140 valence electrons. The van der Waals surface area contributed by atoms with Gasteiger partial charge in [-0.2, -0.15) is 8.78 Å². The van der Waals surface area contributed by atoms with E-state index in [-0.39, 0.29) is 18.3 Å². The van der Waals surface area contributed by atoms with E-state index < -0.39 is 6.61 Å². The third-order valence-corrected chi connectivity index (χ3v) is 4.50. The molecule has 0 spiro atoms. The standard InChI is InChI=1S/C20H23F2NO3/c1-23-12-15-11-17(25-10-2-9-24)7-8-18(15)19(13-23)14-3-5-16(6-4-14)26-20(21)22/h3-8,11,19-20,24H,2,9-10,12-13H2,1H3. The number of halogens is 2. The molecule has 0 radical (unpaired) electrons. The number of aliphatic hydroxyl groups excluding tert-OH is 1. The van der Waals surface area contributed by atoms with Gasteiger partial charge in [0.05, 0.1) is 6.61 Å². The molecule has 0 saturated carbocycles. The fourth-order valence-electron chi connectivity index (χ4n) is 3.34. The van der Waals surface area contributed by atoms with Crippen LogP contribution in [0.15, 0.2) is 42.5 Å². The van der Waals surface area contributed by atoms with Gasteiger partial charge in [0.25, 0.3) is 0 Å². The van der Waals surface area contributed by atoms with Gasteiger partial charge in [-0.3, -0.25) is 0 Å². The van der Waals surface area contributed by atoms with Crippen molar-refractivity contribution in [2.75, 3.05) is 26.8 Å². The van der Waals surface area contributed by atoms with Gasteiger partial charge in [0.2, 0.25) is 0 Å². The molecule has 0 aliphatic carbocycles. The number of aliphatic hydroxyl groups is 1. The summed E-state index contributed by atoms with van der Waals surface area (Å²) in [5.74, 6) is 1.13. The van der Waals surface area contributed by atoms with Gasteiger partial charge in [-0.25, -0.2) is 0 Å². The minimum atomic E-state index is -2.81. The molecule has 2 aromatic rings. The Morgan fingerprint density at radius 1 is 1.15 bits per heavy atom. The van der Waals surface area contributed by atoms with Gasteiger partial charge in [-0.1, -0.05) is 18.2 Å². The smallest absolute Gasteiger partial charge is 0.387 e. The molecule has 1 N–H and O–H groups in total. The number of likely N-dealkylation sites (N-methyl/N-ethyl adjacent to an activating group) is 1. The molecule has 3 rings (SSSR count). The van der Waals surface area contributed by atoms with Crippen LogP contribution in [-0.2, 0) is 6.54 Å². The molecule has 0 saturated heterocycles. The summed E-state index contributed by atoms with van der Waals surface area (Å²) < 4.78 is 34.7. The summed E-state index contributed by atoms with van der Waals surface area (Å²) in [5.41, 5.74) is 3.48. The molecule has 2 aromatic carbocycles. The lowest BCUT2D eigenvalue weighted by molar-refractivity contribution is -0.0498. The van der Waals surface area contributed by atoms with Crippen molar-refractivity contribution in [1.29, 1.82) is 0 Å². The van der Waals surface area contributed by atoms with Gasteiger partial charge in [-0.05, 0) is 48.0 Å². The molecule has 1 aliphatic heterocycles. The van der Waals surface area contributed by atoms with Crippen molar-refractivity contribution in [2.24, 2.45) is 0 Å². The van der Waals surface area contributed by atoms with E-state index in [1.165, 1.54) is 11.1 Å². The largest absolute Gasteiger partial charge is 0.493 e. The molecule has 6 heteroatoms. The van der Waals surface area contributed by atoms with E-state index in [0.717, 1.165) is 24.4 Å². The van der Waals surface area contributed by atoms with Gasteiger partial charge in [0.1, 0.15) is 11.5 Å². The molecular weight excluding hydrogens is 340 g/mol. The Morgan fingerprint density at radius 3 is 2.58 bits per heavy atom. The molecule has 1 heterocycles. The average Bonchev–Trinajstić information content (AvgIpc) is 2.61. The second-order valence-corrected chi connectivity index (χ2v) is 6.48. The van der Waals surface area contributed by atoms with E-state index in [2.05, 4.69) is 22.8 Å². The molecule has 4 nitrogen and oxygen atoms in total. The Labute approximate surface area is 152 Å². The first-order valence-corrected chi connectivity index (χ1v) is 8.66. The molecule has 1 aliphatic rings. The first-order valence-electron chi connectivity index (χ1n) is 8.66. The molecule has 0 aromatic heterocycles. The molecule has 0 amide bonds. The first-order chi connectivity index (χ1) is 12.6. The zero-order valence-corrected chi connectivity index (χ0v) is 14.7. The number of hydrogen-bond donors (Lipinski definition) is 1. The van der Waals surface area contributed by atoms with Crippen LogP contribution in [0, 0.1) is 0 Å². The summed E-state index contributed by atoms with van der Waals surface area (Å²) in [6.07, 6.45) is 0.604. The zero-order valence-electron chi connectivity index (χ0n) is 14.7. The third-order valence-electron chi connectivity index (χ3n) is 4.50. The summed E-state index contributed by atoms with van der Waals surface area (Å²) in [6, 6.07) is 12.9. The van der Waals surface area contributed by atoms with Crippen LogP contribution >= 0.6 is 0 Å². The van der Waals surface area contributed by atoms with Gasteiger partial charge in [-0.15, -0.1) is 0 Å². The maximum atomic E-state index is 12.3. The molecule has 1 unspecified atom stereocenters. The van der Waals surface area contributed by atoms with E-state index in [1.54, 1.807) is 12.1 Å². The van der Waals surface area contributed by atoms with Crippen LogP contribution < -0.4 is 9.47 Å². The topological polar surface area (TPSA) is 41.9 Å².